The molecule has 9 heteroatoms. The summed E-state index contributed by atoms with van der Waals surface area (Å²) in [5.41, 5.74) is 0.772. The largest absolute Gasteiger partial charge is 0.352 e. The van der Waals surface area contributed by atoms with Crippen molar-refractivity contribution in [1.29, 1.82) is 0 Å². The summed E-state index contributed by atoms with van der Waals surface area (Å²) < 4.78 is 39.1. The second-order valence-electron chi connectivity index (χ2n) is 7.58. The number of sulfonamides is 1. The van der Waals surface area contributed by atoms with E-state index in [1.165, 1.54) is 19.2 Å². The highest BCUT2D eigenvalue weighted by atomic mass is 32.2. The maximum Gasteiger partial charge on any atom is 0.253 e. The minimum Gasteiger partial charge on any atom is -0.352 e. The number of carbonyl (C=O) groups is 2. The van der Waals surface area contributed by atoms with Crippen molar-refractivity contribution in [2.45, 2.75) is 31.6 Å². The number of hydrogen-bond donors (Lipinski definition) is 2. The fraction of sp³-hybridized carbons (Fsp3) is 0.364. The molecule has 0 aliphatic rings. The van der Waals surface area contributed by atoms with Gasteiger partial charge < -0.3 is 10.6 Å². The third-order valence-corrected chi connectivity index (χ3v) is 6.39. The van der Waals surface area contributed by atoms with Gasteiger partial charge in [-0.3, -0.25) is 9.59 Å². The number of amides is 2. The second-order valence-corrected chi connectivity index (χ2v) is 9.63. The molecule has 0 spiro atoms. The lowest BCUT2D eigenvalue weighted by atomic mass is 10.1. The molecule has 0 unspecified atom stereocenters. The van der Waals surface area contributed by atoms with Gasteiger partial charge >= 0.3 is 0 Å². The number of anilines is 1. The normalized spacial score (nSPS) is 11.5. The number of carbonyl (C=O) groups excluding carboxylic acids is 2. The highest BCUT2D eigenvalue weighted by molar-refractivity contribution is 7.89. The standard InChI is InChI=1S/C22H28FN3O4S/c1-16(2)15-24-22(28)19-7-4-5-8-20(19)25-21(27)9-6-14-26(3)31(29,30)18-12-10-17(23)11-13-18/h4-5,7-8,10-13,16H,6,9,14-15H2,1-3H3,(H,24,28)(H,25,27). The molecular formula is C22H28FN3O4S. The monoisotopic (exact) mass is 449 g/mol. The van der Waals surface area contributed by atoms with E-state index in [0.717, 1.165) is 16.4 Å². The zero-order chi connectivity index (χ0) is 23.0. The van der Waals surface area contributed by atoms with Crippen molar-refractivity contribution in [3.8, 4) is 0 Å². The summed E-state index contributed by atoms with van der Waals surface area (Å²) in [6.07, 6.45) is 0.357. The Bertz CT molecular complexity index is 1010. The van der Waals surface area contributed by atoms with Crippen molar-refractivity contribution >= 4 is 27.5 Å². The average molecular weight is 450 g/mol. The van der Waals surface area contributed by atoms with Crippen LogP contribution in [-0.2, 0) is 14.8 Å². The maximum atomic E-state index is 13.0. The lowest BCUT2D eigenvalue weighted by molar-refractivity contribution is -0.116. The third-order valence-electron chi connectivity index (χ3n) is 4.52. The van der Waals surface area contributed by atoms with E-state index >= 15 is 0 Å². The van der Waals surface area contributed by atoms with E-state index in [9.17, 15) is 22.4 Å². The fourth-order valence-corrected chi connectivity index (χ4v) is 3.97. The molecule has 0 aliphatic heterocycles. The molecule has 0 bridgehead atoms. The Morgan fingerprint density at radius 3 is 2.35 bits per heavy atom. The van der Waals surface area contributed by atoms with Crippen molar-refractivity contribution in [2.75, 3.05) is 25.5 Å². The number of rotatable bonds is 10. The van der Waals surface area contributed by atoms with Gasteiger partial charge in [0, 0.05) is 26.6 Å². The highest BCUT2D eigenvalue weighted by Gasteiger charge is 2.21. The van der Waals surface area contributed by atoms with Crippen LogP contribution in [0, 0.1) is 11.7 Å². The SMILES string of the molecule is CC(C)CNC(=O)c1ccccc1NC(=O)CCCN(C)S(=O)(=O)c1ccc(F)cc1. The van der Waals surface area contributed by atoms with Gasteiger partial charge in [-0.2, -0.15) is 0 Å². The van der Waals surface area contributed by atoms with Gasteiger partial charge in [0.25, 0.3) is 5.91 Å². The van der Waals surface area contributed by atoms with Gasteiger partial charge in [-0.15, -0.1) is 0 Å². The molecule has 0 fully saturated rings. The van der Waals surface area contributed by atoms with Crippen LogP contribution in [0.5, 0.6) is 0 Å². The molecule has 2 amide bonds. The molecule has 168 valence electrons. The van der Waals surface area contributed by atoms with E-state index in [1.54, 1.807) is 24.3 Å². The smallest absolute Gasteiger partial charge is 0.253 e. The Hall–Kier alpha value is -2.78. The Labute approximate surface area is 182 Å². The number of hydrogen-bond acceptors (Lipinski definition) is 4. The summed E-state index contributed by atoms with van der Waals surface area (Å²) in [5.74, 6) is -0.809. The van der Waals surface area contributed by atoms with Crippen LogP contribution in [0.2, 0.25) is 0 Å². The van der Waals surface area contributed by atoms with Crippen LogP contribution in [0.15, 0.2) is 53.4 Å². The molecule has 0 heterocycles. The molecule has 0 atom stereocenters. The summed E-state index contributed by atoms with van der Waals surface area (Å²) in [6, 6.07) is 11.3. The number of benzene rings is 2. The van der Waals surface area contributed by atoms with Gasteiger partial charge in [0.05, 0.1) is 16.1 Å². The first-order valence-corrected chi connectivity index (χ1v) is 11.4. The van der Waals surface area contributed by atoms with E-state index in [-0.39, 0.29) is 36.1 Å². The van der Waals surface area contributed by atoms with Crippen molar-refractivity contribution in [2.24, 2.45) is 5.92 Å². The number of halogens is 1. The van der Waals surface area contributed by atoms with Crippen LogP contribution in [0.1, 0.15) is 37.0 Å². The van der Waals surface area contributed by atoms with E-state index in [4.69, 9.17) is 0 Å². The van der Waals surface area contributed by atoms with E-state index in [0.29, 0.717) is 23.7 Å². The van der Waals surface area contributed by atoms with Gasteiger partial charge in [-0.05, 0) is 48.7 Å². The first kappa shape index (κ1) is 24.5. The lowest BCUT2D eigenvalue weighted by Gasteiger charge is -2.17. The minimum atomic E-state index is -3.76. The lowest BCUT2D eigenvalue weighted by Crippen LogP contribution is -2.29. The van der Waals surface area contributed by atoms with E-state index < -0.39 is 15.8 Å². The zero-order valence-electron chi connectivity index (χ0n) is 17.9. The van der Waals surface area contributed by atoms with Crippen LogP contribution in [0.3, 0.4) is 0 Å². The molecule has 0 aromatic heterocycles. The summed E-state index contributed by atoms with van der Waals surface area (Å²) >= 11 is 0. The van der Waals surface area contributed by atoms with Crippen LogP contribution < -0.4 is 10.6 Å². The Morgan fingerprint density at radius 2 is 1.71 bits per heavy atom. The predicted octanol–water partition coefficient (Wildman–Crippen LogP) is 3.25. The van der Waals surface area contributed by atoms with Gasteiger partial charge in [0.1, 0.15) is 5.82 Å². The summed E-state index contributed by atoms with van der Waals surface area (Å²) in [5, 5.41) is 5.54. The second kappa shape index (κ2) is 11.0. The fourth-order valence-electron chi connectivity index (χ4n) is 2.76. The predicted molar refractivity (Wildman–Crippen MR) is 118 cm³/mol. The van der Waals surface area contributed by atoms with Crippen molar-refractivity contribution in [1.82, 2.24) is 9.62 Å². The maximum absolute atomic E-state index is 13.0. The summed E-state index contributed by atoms with van der Waals surface area (Å²) in [4.78, 5) is 24.7. The van der Waals surface area contributed by atoms with Crippen molar-refractivity contribution < 1.29 is 22.4 Å². The Kier molecular flexibility index (Phi) is 8.70. The van der Waals surface area contributed by atoms with Crippen LogP contribution in [0.25, 0.3) is 0 Å². The quantitative estimate of drug-likeness (QED) is 0.582. The summed E-state index contributed by atoms with van der Waals surface area (Å²) in [6.45, 7) is 4.61. The van der Waals surface area contributed by atoms with Crippen LogP contribution in [0.4, 0.5) is 10.1 Å². The number of nitrogens with zero attached hydrogens (tertiary/aromatic N) is 1. The third kappa shape index (κ3) is 7.15. The van der Waals surface area contributed by atoms with Crippen LogP contribution in [-0.4, -0.2) is 44.7 Å². The molecule has 2 N–H and O–H groups in total. The first-order valence-electron chi connectivity index (χ1n) is 10.00. The molecule has 7 nitrogen and oxygen atoms in total. The number of para-hydroxylation sites is 1. The molecule has 0 radical (unpaired) electrons. The average Bonchev–Trinajstić information content (AvgIpc) is 2.72. The Morgan fingerprint density at radius 1 is 1.06 bits per heavy atom. The molecule has 31 heavy (non-hydrogen) atoms. The van der Waals surface area contributed by atoms with Gasteiger partial charge in [-0.1, -0.05) is 26.0 Å². The van der Waals surface area contributed by atoms with Crippen molar-refractivity contribution in [3.63, 3.8) is 0 Å². The van der Waals surface area contributed by atoms with Gasteiger partial charge in [0.2, 0.25) is 15.9 Å². The van der Waals surface area contributed by atoms with E-state index in [2.05, 4.69) is 10.6 Å². The molecule has 0 saturated heterocycles. The molecular weight excluding hydrogens is 421 g/mol. The zero-order valence-corrected chi connectivity index (χ0v) is 18.7. The Balaban J connectivity index is 1.91. The molecule has 2 rings (SSSR count). The first-order chi connectivity index (χ1) is 14.6. The van der Waals surface area contributed by atoms with Gasteiger partial charge in [-0.25, -0.2) is 17.1 Å². The minimum absolute atomic E-state index is 0.0119. The molecule has 2 aromatic rings. The number of nitrogens with one attached hydrogen (secondary N) is 2. The molecule has 2 aromatic carbocycles. The van der Waals surface area contributed by atoms with Crippen LogP contribution >= 0.6 is 0 Å². The topological polar surface area (TPSA) is 95.6 Å². The highest BCUT2D eigenvalue weighted by Crippen LogP contribution is 2.17. The van der Waals surface area contributed by atoms with Crippen molar-refractivity contribution in [3.05, 3.63) is 59.9 Å². The molecule has 0 aliphatic carbocycles. The summed E-state index contributed by atoms with van der Waals surface area (Å²) in [7, 11) is -2.35. The molecule has 0 saturated carbocycles. The van der Waals surface area contributed by atoms with Gasteiger partial charge in [0.15, 0.2) is 0 Å². The van der Waals surface area contributed by atoms with E-state index in [1.807, 2.05) is 13.8 Å².